The van der Waals surface area contributed by atoms with E-state index in [1.165, 1.54) is 26.1 Å². The number of hydrogen-bond donors (Lipinski definition) is 1. The molecular formula is C11H25ClN2O. The van der Waals surface area contributed by atoms with Gasteiger partial charge in [-0.2, -0.15) is 0 Å². The van der Waals surface area contributed by atoms with Crippen molar-refractivity contribution in [1.82, 2.24) is 10.2 Å². The van der Waals surface area contributed by atoms with Crippen molar-refractivity contribution < 1.29 is 4.74 Å². The van der Waals surface area contributed by atoms with Gasteiger partial charge in [0.25, 0.3) is 0 Å². The average Bonchev–Trinajstić information content (AvgIpc) is 2.31. The second kappa shape index (κ2) is 7.44. The number of ether oxygens (including phenoxy) is 1. The minimum absolute atomic E-state index is 0. The van der Waals surface area contributed by atoms with E-state index in [0.717, 1.165) is 19.7 Å². The van der Waals surface area contributed by atoms with Crippen molar-refractivity contribution in [3.8, 4) is 0 Å². The van der Waals surface area contributed by atoms with Crippen LogP contribution in [0.2, 0.25) is 0 Å². The van der Waals surface area contributed by atoms with Crippen molar-refractivity contribution in [2.24, 2.45) is 5.41 Å². The fraction of sp³-hybridized carbons (Fsp3) is 1.00. The van der Waals surface area contributed by atoms with Crippen LogP contribution in [0.1, 0.15) is 20.3 Å². The van der Waals surface area contributed by atoms with Crippen molar-refractivity contribution in [3.63, 3.8) is 0 Å². The maximum atomic E-state index is 5.24. The molecule has 1 heterocycles. The Labute approximate surface area is 100.0 Å². The van der Waals surface area contributed by atoms with Gasteiger partial charge in [0.15, 0.2) is 0 Å². The van der Waals surface area contributed by atoms with E-state index in [0.29, 0.717) is 0 Å². The van der Waals surface area contributed by atoms with Crippen LogP contribution in [0.3, 0.4) is 0 Å². The standard InChI is InChI=1S/C11H24N2O.ClH/c1-11(2,10-14-3)9-13-7-4-5-12-6-8-13;/h12H,4-10H2,1-3H3;1H. The summed E-state index contributed by atoms with van der Waals surface area (Å²) in [5, 5.41) is 3.42. The molecule has 1 saturated heterocycles. The highest BCUT2D eigenvalue weighted by Gasteiger charge is 2.22. The van der Waals surface area contributed by atoms with Crippen LogP contribution in [-0.2, 0) is 4.74 Å². The normalized spacial score (nSPS) is 19.4. The first kappa shape index (κ1) is 15.2. The van der Waals surface area contributed by atoms with Crippen molar-refractivity contribution in [3.05, 3.63) is 0 Å². The van der Waals surface area contributed by atoms with Gasteiger partial charge in [-0.05, 0) is 19.5 Å². The Morgan fingerprint density at radius 3 is 2.67 bits per heavy atom. The summed E-state index contributed by atoms with van der Waals surface area (Å²) in [6.07, 6.45) is 1.27. The van der Waals surface area contributed by atoms with Crippen LogP contribution >= 0.6 is 12.4 Å². The molecule has 3 nitrogen and oxygen atoms in total. The molecule has 1 aliphatic rings. The number of rotatable bonds is 4. The van der Waals surface area contributed by atoms with Crippen molar-refractivity contribution in [1.29, 1.82) is 0 Å². The van der Waals surface area contributed by atoms with E-state index < -0.39 is 0 Å². The molecule has 1 N–H and O–H groups in total. The van der Waals surface area contributed by atoms with E-state index in [4.69, 9.17) is 4.74 Å². The highest BCUT2D eigenvalue weighted by molar-refractivity contribution is 5.85. The van der Waals surface area contributed by atoms with E-state index in [-0.39, 0.29) is 17.8 Å². The summed E-state index contributed by atoms with van der Waals surface area (Å²) in [7, 11) is 1.78. The fourth-order valence-corrected chi connectivity index (χ4v) is 2.10. The second-order valence-corrected chi connectivity index (χ2v) is 4.98. The quantitative estimate of drug-likeness (QED) is 0.798. The summed E-state index contributed by atoms with van der Waals surface area (Å²) < 4.78 is 5.24. The van der Waals surface area contributed by atoms with Gasteiger partial charge in [0.2, 0.25) is 0 Å². The van der Waals surface area contributed by atoms with Crippen LogP contribution < -0.4 is 5.32 Å². The number of methoxy groups -OCH3 is 1. The lowest BCUT2D eigenvalue weighted by atomic mass is 9.94. The zero-order valence-corrected chi connectivity index (χ0v) is 11.0. The Kier molecular flexibility index (Phi) is 7.53. The van der Waals surface area contributed by atoms with Crippen LogP contribution in [0.4, 0.5) is 0 Å². The minimum Gasteiger partial charge on any atom is -0.384 e. The molecule has 0 saturated carbocycles. The van der Waals surface area contributed by atoms with Crippen molar-refractivity contribution in [2.75, 3.05) is 46.4 Å². The van der Waals surface area contributed by atoms with Crippen LogP contribution in [0.5, 0.6) is 0 Å². The predicted molar refractivity (Wildman–Crippen MR) is 66.8 cm³/mol. The number of halogens is 1. The summed E-state index contributed by atoms with van der Waals surface area (Å²) in [5.41, 5.74) is 0.277. The molecule has 1 fully saturated rings. The van der Waals surface area contributed by atoms with Gasteiger partial charge in [-0.3, -0.25) is 0 Å². The fourth-order valence-electron chi connectivity index (χ4n) is 2.10. The van der Waals surface area contributed by atoms with Gasteiger partial charge in [0.1, 0.15) is 0 Å². The van der Waals surface area contributed by atoms with Gasteiger partial charge in [-0.15, -0.1) is 12.4 Å². The average molecular weight is 237 g/mol. The lowest BCUT2D eigenvalue weighted by Crippen LogP contribution is -2.38. The summed E-state index contributed by atoms with van der Waals surface area (Å²) in [6.45, 7) is 11.2. The molecule has 0 amide bonds. The smallest absolute Gasteiger partial charge is 0.0525 e. The lowest BCUT2D eigenvalue weighted by molar-refractivity contribution is 0.0717. The molecule has 0 spiro atoms. The van der Waals surface area contributed by atoms with Gasteiger partial charge < -0.3 is 15.0 Å². The van der Waals surface area contributed by atoms with Gasteiger partial charge >= 0.3 is 0 Å². The molecule has 0 atom stereocenters. The molecule has 0 radical (unpaired) electrons. The predicted octanol–water partition coefficient (Wildman–Crippen LogP) is 1.38. The Morgan fingerprint density at radius 2 is 2.00 bits per heavy atom. The largest absolute Gasteiger partial charge is 0.384 e. The SMILES string of the molecule is COCC(C)(C)CN1CCCNCC1.Cl. The van der Waals surface area contributed by atoms with E-state index in [2.05, 4.69) is 24.1 Å². The Hall–Kier alpha value is 0.170. The third kappa shape index (κ3) is 6.36. The second-order valence-electron chi connectivity index (χ2n) is 4.98. The lowest BCUT2D eigenvalue weighted by Gasteiger charge is -2.31. The number of nitrogens with one attached hydrogen (secondary N) is 1. The topological polar surface area (TPSA) is 24.5 Å². The van der Waals surface area contributed by atoms with E-state index in [1.807, 2.05) is 0 Å². The molecule has 0 bridgehead atoms. The van der Waals surface area contributed by atoms with Crippen molar-refractivity contribution in [2.45, 2.75) is 20.3 Å². The van der Waals surface area contributed by atoms with E-state index in [9.17, 15) is 0 Å². The van der Waals surface area contributed by atoms with Gasteiger partial charge in [0, 0.05) is 32.2 Å². The number of hydrogen-bond acceptors (Lipinski definition) is 3. The maximum absolute atomic E-state index is 5.24. The van der Waals surface area contributed by atoms with Crippen LogP contribution in [-0.4, -0.2) is 51.3 Å². The molecule has 1 aliphatic heterocycles. The van der Waals surface area contributed by atoms with Crippen LogP contribution in [0.15, 0.2) is 0 Å². The summed E-state index contributed by atoms with van der Waals surface area (Å²) >= 11 is 0. The summed E-state index contributed by atoms with van der Waals surface area (Å²) in [5.74, 6) is 0. The molecule has 0 unspecified atom stereocenters. The molecule has 0 aromatic heterocycles. The molecular weight excluding hydrogens is 212 g/mol. The first-order valence-corrected chi connectivity index (χ1v) is 5.56. The van der Waals surface area contributed by atoms with E-state index in [1.54, 1.807) is 7.11 Å². The summed E-state index contributed by atoms with van der Waals surface area (Å²) in [4.78, 5) is 2.54. The Morgan fingerprint density at radius 1 is 1.27 bits per heavy atom. The molecule has 1 rings (SSSR count). The van der Waals surface area contributed by atoms with Crippen LogP contribution in [0, 0.1) is 5.41 Å². The Bertz CT molecular complexity index is 157. The third-order valence-electron chi connectivity index (χ3n) is 2.62. The Balaban J connectivity index is 0.00000196. The van der Waals surface area contributed by atoms with E-state index >= 15 is 0 Å². The van der Waals surface area contributed by atoms with Crippen LogP contribution in [0.25, 0.3) is 0 Å². The van der Waals surface area contributed by atoms with Gasteiger partial charge in [-0.1, -0.05) is 13.8 Å². The molecule has 4 heteroatoms. The first-order valence-electron chi connectivity index (χ1n) is 5.56. The van der Waals surface area contributed by atoms with Gasteiger partial charge in [0.05, 0.1) is 6.61 Å². The monoisotopic (exact) mass is 236 g/mol. The van der Waals surface area contributed by atoms with Gasteiger partial charge in [-0.25, -0.2) is 0 Å². The molecule has 15 heavy (non-hydrogen) atoms. The molecule has 0 aromatic rings. The molecule has 92 valence electrons. The summed E-state index contributed by atoms with van der Waals surface area (Å²) in [6, 6.07) is 0. The highest BCUT2D eigenvalue weighted by Crippen LogP contribution is 2.17. The molecule has 0 aromatic carbocycles. The zero-order chi connectivity index (χ0) is 10.4. The minimum atomic E-state index is 0. The number of nitrogens with zero attached hydrogens (tertiary/aromatic N) is 1. The third-order valence-corrected chi connectivity index (χ3v) is 2.62. The van der Waals surface area contributed by atoms with Crippen molar-refractivity contribution >= 4 is 12.4 Å². The highest BCUT2D eigenvalue weighted by atomic mass is 35.5. The molecule has 0 aliphatic carbocycles. The maximum Gasteiger partial charge on any atom is 0.0525 e. The first-order chi connectivity index (χ1) is 6.64. The zero-order valence-electron chi connectivity index (χ0n) is 10.2.